The molecule has 0 aliphatic heterocycles. The van der Waals surface area contributed by atoms with Crippen LogP contribution in [0.3, 0.4) is 0 Å². The predicted octanol–water partition coefficient (Wildman–Crippen LogP) is 0.651. The maximum atomic E-state index is 9.60. The molecule has 0 radical (unpaired) electrons. The molecule has 0 saturated heterocycles. The average Bonchev–Trinajstić information content (AvgIpc) is 2.00. The van der Waals surface area contributed by atoms with Gasteiger partial charge in [0.15, 0.2) is 0 Å². The summed E-state index contributed by atoms with van der Waals surface area (Å²) >= 11 is 0. The Labute approximate surface area is 103 Å². The van der Waals surface area contributed by atoms with Crippen LogP contribution in [0.2, 0.25) is 0 Å². The highest BCUT2D eigenvalue weighted by atomic mass is 32.3. The molecule has 8 heteroatoms. The average molecular weight is 271 g/mol. The van der Waals surface area contributed by atoms with E-state index in [0.29, 0.717) is 0 Å². The smallest absolute Gasteiger partial charge is 0.397 e. The number of hydrogen-bond acceptors (Lipinski definition) is 5. The molecule has 0 rings (SSSR count). The van der Waals surface area contributed by atoms with Gasteiger partial charge in [-0.2, -0.15) is 8.42 Å². The largest absolute Gasteiger partial charge is 0.478 e. The van der Waals surface area contributed by atoms with Gasteiger partial charge in [0.1, 0.15) is 0 Å². The molecule has 0 bridgehead atoms. The van der Waals surface area contributed by atoms with E-state index < -0.39 is 16.4 Å². The van der Waals surface area contributed by atoms with Crippen LogP contribution >= 0.6 is 0 Å². The third-order valence-corrected chi connectivity index (χ3v) is 1.17. The van der Waals surface area contributed by atoms with Crippen molar-refractivity contribution in [1.82, 2.24) is 4.90 Å². The van der Waals surface area contributed by atoms with Gasteiger partial charge in [-0.1, -0.05) is 6.58 Å². The molecule has 0 aromatic rings. The Hall–Kier alpha value is -0.960. The van der Waals surface area contributed by atoms with E-state index in [1.165, 1.54) is 13.8 Å². The fraction of sp³-hybridized carbons (Fsp3) is 0.667. The monoisotopic (exact) mass is 271 g/mol. The third kappa shape index (κ3) is 51.6. The Morgan fingerprint density at radius 3 is 1.59 bits per heavy atom. The standard InChI is InChI=1S/C4H6O2.C3H9N.C2H6O4S/c1-3(2)4(5)6;1-4(2)3;1-2-6-7(3,4)5/h1H2,2H3,(H,5,6);1-3H3;2H2,1H3,(H,3,4,5). The summed E-state index contributed by atoms with van der Waals surface area (Å²) in [6.07, 6.45) is 0. The van der Waals surface area contributed by atoms with E-state index in [4.69, 9.17) is 9.66 Å². The van der Waals surface area contributed by atoms with Crippen molar-refractivity contribution in [3.8, 4) is 0 Å². The fourth-order valence-electron chi connectivity index (χ4n) is 0.149. The van der Waals surface area contributed by atoms with E-state index in [9.17, 15) is 13.2 Å². The minimum atomic E-state index is -4.17. The van der Waals surface area contributed by atoms with Gasteiger partial charge in [0.2, 0.25) is 0 Å². The minimum absolute atomic E-state index is 0.0289. The second-order valence-electron chi connectivity index (χ2n) is 3.26. The van der Waals surface area contributed by atoms with Crippen LogP contribution < -0.4 is 0 Å². The Morgan fingerprint density at radius 2 is 1.59 bits per heavy atom. The van der Waals surface area contributed by atoms with Gasteiger partial charge in [-0.05, 0) is 35.0 Å². The molecule has 0 aromatic heterocycles. The summed E-state index contributed by atoms with van der Waals surface area (Å²) in [4.78, 5) is 11.6. The highest BCUT2D eigenvalue weighted by Crippen LogP contribution is 1.81. The summed E-state index contributed by atoms with van der Waals surface area (Å²) in [6, 6.07) is 0. The predicted molar refractivity (Wildman–Crippen MR) is 65.2 cm³/mol. The van der Waals surface area contributed by atoms with Crippen molar-refractivity contribution in [3.63, 3.8) is 0 Å². The third-order valence-electron chi connectivity index (χ3n) is 0.632. The lowest BCUT2D eigenvalue weighted by atomic mass is 10.4. The van der Waals surface area contributed by atoms with Crippen molar-refractivity contribution in [2.24, 2.45) is 0 Å². The number of carbonyl (C=O) groups is 1. The van der Waals surface area contributed by atoms with Gasteiger partial charge in [-0.3, -0.25) is 4.55 Å². The first kappa shape index (κ1) is 21.3. The van der Waals surface area contributed by atoms with Gasteiger partial charge < -0.3 is 10.0 Å². The summed E-state index contributed by atoms with van der Waals surface area (Å²) < 4.78 is 30.7. The quantitative estimate of drug-likeness (QED) is 0.573. The van der Waals surface area contributed by atoms with Gasteiger partial charge in [0, 0.05) is 5.57 Å². The minimum Gasteiger partial charge on any atom is -0.478 e. The van der Waals surface area contributed by atoms with Crippen LogP contribution in [0.15, 0.2) is 12.2 Å². The van der Waals surface area contributed by atoms with E-state index in [-0.39, 0.29) is 12.2 Å². The second kappa shape index (κ2) is 11.5. The Bertz CT molecular complexity index is 295. The van der Waals surface area contributed by atoms with Crippen LogP contribution in [0.25, 0.3) is 0 Å². The van der Waals surface area contributed by atoms with Crippen LogP contribution in [0.1, 0.15) is 13.8 Å². The first-order valence-corrected chi connectivity index (χ1v) is 5.92. The van der Waals surface area contributed by atoms with Gasteiger partial charge in [-0.15, -0.1) is 0 Å². The zero-order valence-electron chi connectivity index (χ0n) is 10.8. The highest BCUT2D eigenvalue weighted by Gasteiger charge is 1.98. The number of carboxylic acids is 1. The van der Waals surface area contributed by atoms with E-state index in [0.717, 1.165) is 0 Å². The Morgan fingerprint density at radius 1 is 1.35 bits per heavy atom. The molecule has 0 saturated carbocycles. The molecule has 0 aromatic carbocycles. The first-order chi connectivity index (χ1) is 7.44. The van der Waals surface area contributed by atoms with Gasteiger partial charge in [0.05, 0.1) is 6.61 Å². The zero-order valence-corrected chi connectivity index (χ0v) is 11.6. The Kier molecular flexibility index (Phi) is 14.5. The van der Waals surface area contributed by atoms with Crippen molar-refractivity contribution < 1.29 is 27.1 Å². The SMILES string of the molecule is C=C(C)C(=O)O.CCOS(=O)(=O)O.CN(C)C. The van der Waals surface area contributed by atoms with E-state index in [1.54, 1.807) is 0 Å². The Balaban J connectivity index is -0.000000180. The second-order valence-corrected chi connectivity index (χ2v) is 4.35. The van der Waals surface area contributed by atoms with Gasteiger partial charge in [-0.25, -0.2) is 8.98 Å². The molecule has 7 nitrogen and oxygen atoms in total. The molecule has 0 unspecified atom stereocenters. The molecule has 0 fully saturated rings. The topological polar surface area (TPSA) is 104 Å². The summed E-state index contributed by atoms with van der Waals surface area (Å²) in [5.41, 5.74) is 0.176. The maximum Gasteiger partial charge on any atom is 0.397 e. The van der Waals surface area contributed by atoms with Crippen LogP contribution in [0, 0.1) is 0 Å². The van der Waals surface area contributed by atoms with Crippen molar-refractivity contribution in [1.29, 1.82) is 0 Å². The van der Waals surface area contributed by atoms with E-state index >= 15 is 0 Å². The lowest BCUT2D eigenvalue weighted by Gasteiger charge is -1.90. The number of aliphatic carboxylic acids is 1. The molecule has 104 valence electrons. The highest BCUT2D eigenvalue weighted by molar-refractivity contribution is 7.80. The van der Waals surface area contributed by atoms with Crippen LogP contribution in [-0.4, -0.2) is 56.7 Å². The van der Waals surface area contributed by atoms with Crippen LogP contribution in [-0.2, 0) is 19.4 Å². The molecule has 2 N–H and O–H groups in total. The van der Waals surface area contributed by atoms with Crippen LogP contribution in [0.4, 0.5) is 0 Å². The van der Waals surface area contributed by atoms with Crippen molar-refractivity contribution in [3.05, 3.63) is 12.2 Å². The molecule has 17 heavy (non-hydrogen) atoms. The molecular formula is C9H21NO6S. The normalized spacial score (nSPS) is 9.59. The lowest BCUT2D eigenvalue weighted by molar-refractivity contribution is -0.132. The summed E-state index contributed by atoms with van der Waals surface area (Å²) in [5, 5.41) is 7.89. The number of carboxylic acid groups (broad SMARTS) is 1. The molecule has 0 atom stereocenters. The molecule has 0 amide bonds. The van der Waals surface area contributed by atoms with E-state index in [1.807, 2.05) is 26.0 Å². The van der Waals surface area contributed by atoms with Gasteiger partial charge >= 0.3 is 16.4 Å². The number of hydrogen-bond donors (Lipinski definition) is 2. The van der Waals surface area contributed by atoms with Crippen molar-refractivity contribution >= 4 is 16.4 Å². The zero-order chi connectivity index (χ0) is 14.6. The van der Waals surface area contributed by atoms with Crippen molar-refractivity contribution in [2.45, 2.75) is 13.8 Å². The number of rotatable bonds is 3. The first-order valence-electron chi connectivity index (χ1n) is 4.55. The molecule has 0 heterocycles. The fourth-order valence-corrected chi connectivity index (χ4v) is 0.447. The summed E-state index contributed by atoms with van der Waals surface area (Å²) in [7, 11) is 1.83. The van der Waals surface area contributed by atoms with E-state index in [2.05, 4.69) is 10.8 Å². The summed E-state index contributed by atoms with van der Waals surface area (Å²) in [6.45, 7) is 6.04. The molecular weight excluding hydrogens is 250 g/mol. The molecule has 0 spiro atoms. The molecule has 0 aliphatic rings. The summed E-state index contributed by atoms with van der Waals surface area (Å²) in [5.74, 6) is -0.935. The molecule has 0 aliphatic carbocycles. The van der Waals surface area contributed by atoms with Gasteiger partial charge in [0.25, 0.3) is 0 Å². The lowest BCUT2D eigenvalue weighted by Crippen LogP contribution is -2.01. The van der Waals surface area contributed by atoms with Crippen LogP contribution in [0.5, 0.6) is 0 Å². The van der Waals surface area contributed by atoms with Crippen molar-refractivity contribution in [2.75, 3.05) is 27.7 Å². The number of nitrogens with zero attached hydrogens (tertiary/aromatic N) is 1. The maximum absolute atomic E-state index is 9.60.